The summed E-state index contributed by atoms with van der Waals surface area (Å²) in [5.41, 5.74) is 0.601. The first-order valence-corrected chi connectivity index (χ1v) is 6.12. The lowest BCUT2D eigenvalue weighted by molar-refractivity contribution is 0.0794. The summed E-state index contributed by atoms with van der Waals surface area (Å²) < 4.78 is 0. The van der Waals surface area contributed by atoms with Gasteiger partial charge in [-0.3, -0.25) is 0 Å². The normalized spacial score (nSPS) is 30.4. The zero-order valence-electron chi connectivity index (χ0n) is 9.68. The van der Waals surface area contributed by atoms with Crippen molar-refractivity contribution < 1.29 is 0 Å². The average molecular weight is 196 g/mol. The van der Waals surface area contributed by atoms with E-state index in [1.807, 2.05) is 0 Å². The molecule has 0 spiro atoms. The average Bonchev–Trinajstić information content (AvgIpc) is 2.19. The number of hydrogen-bond acceptors (Lipinski definition) is 2. The fourth-order valence-corrected chi connectivity index (χ4v) is 2.67. The van der Waals surface area contributed by atoms with Gasteiger partial charge in [0.15, 0.2) is 0 Å². The third kappa shape index (κ3) is 2.48. The highest BCUT2D eigenvalue weighted by atomic mass is 15.2. The van der Waals surface area contributed by atoms with Gasteiger partial charge in [0.05, 0.1) is 0 Å². The first kappa shape index (κ1) is 10.4. The van der Waals surface area contributed by atoms with Gasteiger partial charge in [0.2, 0.25) is 0 Å². The quantitative estimate of drug-likeness (QED) is 0.688. The molecule has 82 valence electrons. The second-order valence-electron chi connectivity index (χ2n) is 5.68. The third-order valence-electron chi connectivity index (χ3n) is 3.98. The van der Waals surface area contributed by atoms with E-state index in [-0.39, 0.29) is 0 Å². The van der Waals surface area contributed by atoms with E-state index < -0.39 is 0 Å². The van der Waals surface area contributed by atoms with Crippen LogP contribution in [-0.2, 0) is 0 Å². The van der Waals surface area contributed by atoms with Gasteiger partial charge in [-0.05, 0) is 57.3 Å². The molecule has 0 amide bonds. The Hall–Kier alpha value is -0.0800. The minimum Gasteiger partial charge on any atom is -0.317 e. The van der Waals surface area contributed by atoms with Crippen LogP contribution in [0, 0.1) is 5.41 Å². The molecule has 0 aromatic heterocycles. The lowest BCUT2D eigenvalue weighted by atomic mass is 9.82. The minimum absolute atomic E-state index is 0.601. The molecule has 2 heterocycles. The minimum atomic E-state index is 0.601. The number of nitrogens with one attached hydrogen (secondary N) is 1. The number of hydrogen-bond donors (Lipinski definition) is 1. The second kappa shape index (κ2) is 4.19. The number of likely N-dealkylation sites (tertiary alicyclic amines) is 1. The van der Waals surface area contributed by atoms with Crippen molar-refractivity contribution in [1.82, 2.24) is 10.2 Å². The van der Waals surface area contributed by atoms with Crippen molar-refractivity contribution in [3.63, 3.8) is 0 Å². The molecule has 0 unspecified atom stereocenters. The second-order valence-corrected chi connectivity index (χ2v) is 5.68. The molecule has 0 aliphatic carbocycles. The van der Waals surface area contributed by atoms with Gasteiger partial charge in [-0.2, -0.15) is 0 Å². The van der Waals surface area contributed by atoms with Gasteiger partial charge in [0.1, 0.15) is 0 Å². The molecule has 0 saturated carbocycles. The molecule has 2 nitrogen and oxygen atoms in total. The van der Waals surface area contributed by atoms with Crippen LogP contribution in [-0.4, -0.2) is 37.1 Å². The maximum Gasteiger partial charge on any atom is 0.0119 e. The molecule has 0 radical (unpaired) electrons. The van der Waals surface area contributed by atoms with Crippen molar-refractivity contribution in [3.8, 4) is 0 Å². The first-order chi connectivity index (χ1) is 6.67. The smallest absolute Gasteiger partial charge is 0.0119 e. The summed E-state index contributed by atoms with van der Waals surface area (Å²) in [4.78, 5) is 2.73. The molecule has 0 bridgehead atoms. The van der Waals surface area contributed by atoms with Gasteiger partial charge in [0.25, 0.3) is 0 Å². The van der Waals surface area contributed by atoms with Crippen molar-refractivity contribution in [1.29, 1.82) is 0 Å². The summed E-state index contributed by atoms with van der Waals surface area (Å²) in [7, 11) is 0. The van der Waals surface area contributed by atoms with Gasteiger partial charge in [0, 0.05) is 6.04 Å². The van der Waals surface area contributed by atoms with Crippen LogP contribution in [0.2, 0.25) is 0 Å². The van der Waals surface area contributed by atoms with E-state index in [1.165, 1.54) is 51.9 Å². The molecule has 2 aliphatic heterocycles. The summed E-state index contributed by atoms with van der Waals surface area (Å²) in [6.45, 7) is 9.93. The molecular formula is C12H24N2. The Balaban J connectivity index is 1.82. The summed E-state index contributed by atoms with van der Waals surface area (Å²) in [6.07, 6.45) is 5.49. The van der Waals surface area contributed by atoms with Crippen LogP contribution in [0.3, 0.4) is 0 Å². The Labute approximate surface area is 88.1 Å². The fraction of sp³-hybridized carbons (Fsp3) is 1.00. The van der Waals surface area contributed by atoms with Crippen LogP contribution in [0.25, 0.3) is 0 Å². The van der Waals surface area contributed by atoms with Crippen molar-refractivity contribution in [3.05, 3.63) is 0 Å². The van der Waals surface area contributed by atoms with Crippen molar-refractivity contribution in [2.24, 2.45) is 5.41 Å². The largest absolute Gasteiger partial charge is 0.317 e. The summed E-state index contributed by atoms with van der Waals surface area (Å²) in [5, 5.41) is 3.44. The van der Waals surface area contributed by atoms with E-state index in [0.29, 0.717) is 5.41 Å². The molecule has 14 heavy (non-hydrogen) atoms. The monoisotopic (exact) mass is 196 g/mol. The molecule has 2 fully saturated rings. The topological polar surface area (TPSA) is 15.3 Å². The Bertz CT molecular complexity index is 173. The Morgan fingerprint density at radius 2 is 1.64 bits per heavy atom. The highest BCUT2D eigenvalue weighted by molar-refractivity contribution is 4.84. The zero-order chi connectivity index (χ0) is 10.0. The fourth-order valence-electron chi connectivity index (χ4n) is 2.67. The lowest BCUT2D eigenvalue weighted by Crippen LogP contribution is -2.47. The van der Waals surface area contributed by atoms with Crippen LogP contribution in [0.1, 0.15) is 39.5 Å². The predicted octanol–water partition coefficient (Wildman–Crippen LogP) is 1.86. The van der Waals surface area contributed by atoms with Crippen molar-refractivity contribution in [2.45, 2.75) is 45.6 Å². The van der Waals surface area contributed by atoms with Gasteiger partial charge < -0.3 is 10.2 Å². The number of rotatable bonds is 1. The van der Waals surface area contributed by atoms with Crippen LogP contribution in [0.15, 0.2) is 0 Å². The van der Waals surface area contributed by atoms with Crippen LogP contribution < -0.4 is 5.32 Å². The van der Waals surface area contributed by atoms with Crippen LogP contribution >= 0.6 is 0 Å². The van der Waals surface area contributed by atoms with E-state index in [4.69, 9.17) is 0 Å². The molecule has 2 rings (SSSR count). The van der Waals surface area contributed by atoms with Gasteiger partial charge in [-0.25, -0.2) is 0 Å². The Morgan fingerprint density at radius 1 is 1.07 bits per heavy atom. The van der Waals surface area contributed by atoms with Gasteiger partial charge in [-0.15, -0.1) is 0 Å². The molecule has 2 aliphatic rings. The van der Waals surface area contributed by atoms with Crippen molar-refractivity contribution >= 4 is 0 Å². The molecule has 1 N–H and O–H groups in total. The lowest BCUT2D eigenvalue weighted by Gasteiger charge is -2.42. The predicted molar refractivity (Wildman–Crippen MR) is 60.5 cm³/mol. The van der Waals surface area contributed by atoms with E-state index in [2.05, 4.69) is 24.1 Å². The number of piperidine rings is 2. The maximum absolute atomic E-state index is 3.44. The Morgan fingerprint density at radius 3 is 2.21 bits per heavy atom. The highest BCUT2D eigenvalue weighted by Crippen LogP contribution is 2.31. The third-order valence-corrected chi connectivity index (χ3v) is 3.98. The van der Waals surface area contributed by atoms with Gasteiger partial charge in [-0.1, -0.05) is 13.8 Å². The molecular weight excluding hydrogens is 172 g/mol. The van der Waals surface area contributed by atoms with Gasteiger partial charge >= 0.3 is 0 Å². The maximum atomic E-state index is 3.44. The Kier molecular flexibility index (Phi) is 3.13. The van der Waals surface area contributed by atoms with E-state index in [1.54, 1.807) is 0 Å². The van der Waals surface area contributed by atoms with Crippen molar-refractivity contribution in [2.75, 3.05) is 26.2 Å². The summed E-state index contributed by atoms with van der Waals surface area (Å²) in [6, 6.07) is 0.882. The number of nitrogens with zero attached hydrogens (tertiary/aromatic N) is 1. The molecule has 0 atom stereocenters. The summed E-state index contributed by atoms with van der Waals surface area (Å²) >= 11 is 0. The van der Waals surface area contributed by atoms with Crippen LogP contribution in [0.4, 0.5) is 0 Å². The first-order valence-electron chi connectivity index (χ1n) is 6.12. The molecule has 2 saturated heterocycles. The molecule has 0 aromatic carbocycles. The van der Waals surface area contributed by atoms with E-state index in [9.17, 15) is 0 Å². The SMILES string of the molecule is CC1(C)CCN(C2CCNCC2)CC1. The standard InChI is InChI=1S/C12H24N2/c1-12(2)5-9-14(10-6-12)11-3-7-13-8-4-11/h11,13H,3-10H2,1-2H3. The highest BCUT2D eigenvalue weighted by Gasteiger charge is 2.29. The zero-order valence-corrected chi connectivity index (χ0v) is 9.68. The van der Waals surface area contributed by atoms with E-state index >= 15 is 0 Å². The summed E-state index contributed by atoms with van der Waals surface area (Å²) in [5.74, 6) is 0. The molecule has 2 heteroatoms. The van der Waals surface area contributed by atoms with E-state index in [0.717, 1.165) is 6.04 Å². The van der Waals surface area contributed by atoms with Crippen LogP contribution in [0.5, 0.6) is 0 Å². The molecule has 0 aromatic rings.